The van der Waals surface area contributed by atoms with Gasteiger partial charge in [0, 0.05) is 25.2 Å². The largest absolute Gasteiger partial charge is 0.480 e. The van der Waals surface area contributed by atoms with Gasteiger partial charge in [-0.3, -0.25) is 4.90 Å². The normalized spacial score (nSPS) is 12.4. The average Bonchev–Trinajstić information content (AvgIpc) is 2.44. The third kappa shape index (κ3) is 5.88. The summed E-state index contributed by atoms with van der Waals surface area (Å²) in [5, 5.41) is 9.86. The van der Waals surface area contributed by atoms with E-state index in [0.717, 1.165) is 4.90 Å². The Kier molecular flexibility index (Phi) is 6.83. The predicted octanol–water partition coefficient (Wildman–Crippen LogP) is 3.00. The van der Waals surface area contributed by atoms with Gasteiger partial charge in [0.2, 0.25) is 5.88 Å². The lowest BCUT2D eigenvalue weighted by atomic mass is 10.1. The van der Waals surface area contributed by atoms with Crippen LogP contribution in [0.5, 0.6) is 5.88 Å². The highest BCUT2D eigenvalue weighted by atomic mass is 35.5. The number of carbonyl (C=O) groups excluding carboxylic acids is 1. The van der Waals surface area contributed by atoms with Crippen molar-refractivity contribution in [1.82, 2.24) is 9.88 Å². The van der Waals surface area contributed by atoms with E-state index in [0.29, 0.717) is 23.1 Å². The first kappa shape index (κ1) is 20.0. The minimum atomic E-state index is -1.16. The average molecular weight is 359 g/mol. The van der Waals surface area contributed by atoms with Crippen molar-refractivity contribution in [1.29, 1.82) is 0 Å². The summed E-state index contributed by atoms with van der Waals surface area (Å²) < 4.78 is 10.6. The van der Waals surface area contributed by atoms with E-state index in [-0.39, 0.29) is 6.42 Å². The molecule has 0 aliphatic carbocycles. The number of amides is 1. The number of carbonyl (C=O) groups is 2. The van der Waals surface area contributed by atoms with E-state index in [1.807, 2.05) is 0 Å². The Morgan fingerprint density at radius 3 is 2.54 bits per heavy atom. The zero-order valence-corrected chi connectivity index (χ0v) is 15.3. The summed E-state index contributed by atoms with van der Waals surface area (Å²) >= 11 is 5.94. The third-order valence-corrected chi connectivity index (χ3v) is 3.23. The van der Waals surface area contributed by atoms with Gasteiger partial charge in [0.05, 0.1) is 11.6 Å². The zero-order chi connectivity index (χ0) is 18.5. The van der Waals surface area contributed by atoms with Gasteiger partial charge in [0.15, 0.2) is 0 Å². The van der Waals surface area contributed by atoms with Gasteiger partial charge in [-0.1, -0.05) is 11.6 Å². The maximum atomic E-state index is 12.1. The van der Waals surface area contributed by atoms with E-state index in [2.05, 4.69) is 4.98 Å². The fraction of sp³-hybridized carbons (Fsp3) is 0.562. The van der Waals surface area contributed by atoms with E-state index < -0.39 is 23.7 Å². The SMILES string of the molecule is CCOc1ncc(Cl)cc1C[C@@H](C(=O)O)N(C)C(=O)OC(C)(C)C. The van der Waals surface area contributed by atoms with Crippen LogP contribution in [0.15, 0.2) is 12.3 Å². The standard InChI is InChI=1S/C16H23ClN2O5/c1-6-23-13-10(7-11(17)9-18-13)8-12(14(20)21)19(5)15(22)24-16(2,3)4/h7,9,12H,6,8H2,1-5H3,(H,20,21)/t12-/m0/s1. The predicted molar refractivity (Wildman–Crippen MR) is 89.5 cm³/mol. The first-order valence-electron chi connectivity index (χ1n) is 7.51. The number of halogens is 1. The van der Waals surface area contributed by atoms with E-state index in [4.69, 9.17) is 21.1 Å². The Bertz CT molecular complexity index is 601. The van der Waals surface area contributed by atoms with Crippen molar-refractivity contribution in [3.63, 3.8) is 0 Å². The van der Waals surface area contributed by atoms with Crippen LogP contribution >= 0.6 is 11.6 Å². The number of hydrogen-bond acceptors (Lipinski definition) is 5. The van der Waals surface area contributed by atoms with Gasteiger partial charge in [-0.2, -0.15) is 0 Å². The lowest BCUT2D eigenvalue weighted by Gasteiger charge is -2.28. The molecule has 7 nitrogen and oxygen atoms in total. The lowest BCUT2D eigenvalue weighted by molar-refractivity contribution is -0.142. The van der Waals surface area contributed by atoms with Crippen LogP contribution in [-0.4, -0.2) is 52.4 Å². The molecule has 0 aliphatic heterocycles. The molecule has 1 rings (SSSR count). The van der Waals surface area contributed by atoms with Crippen LogP contribution in [0.4, 0.5) is 4.79 Å². The fourth-order valence-electron chi connectivity index (χ4n) is 1.94. The molecule has 1 amide bonds. The second-order valence-electron chi connectivity index (χ2n) is 6.20. The number of carboxylic acid groups (broad SMARTS) is 1. The highest BCUT2D eigenvalue weighted by molar-refractivity contribution is 6.30. The number of rotatable bonds is 6. The molecule has 24 heavy (non-hydrogen) atoms. The molecule has 0 radical (unpaired) electrons. The van der Waals surface area contributed by atoms with E-state index >= 15 is 0 Å². The van der Waals surface area contributed by atoms with Crippen molar-refractivity contribution in [3.05, 3.63) is 22.8 Å². The van der Waals surface area contributed by atoms with Crippen LogP contribution in [-0.2, 0) is 16.0 Å². The second-order valence-corrected chi connectivity index (χ2v) is 6.64. The number of hydrogen-bond donors (Lipinski definition) is 1. The van der Waals surface area contributed by atoms with Crippen LogP contribution in [0, 0.1) is 0 Å². The molecule has 0 bridgehead atoms. The van der Waals surface area contributed by atoms with Crippen molar-refractivity contribution < 1.29 is 24.2 Å². The molecule has 0 saturated carbocycles. The van der Waals surface area contributed by atoms with Gasteiger partial charge in [0.1, 0.15) is 11.6 Å². The number of aromatic nitrogens is 1. The number of ether oxygens (including phenoxy) is 2. The van der Waals surface area contributed by atoms with E-state index in [1.54, 1.807) is 33.8 Å². The monoisotopic (exact) mass is 358 g/mol. The Morgan fingerprint density at radius 1 is 1.42 bits per heavy atom. The van der Waals surface area contributed by atoms with Crippen LogP contribution in [0.1, 0.15) is 33.3 Å². The van der Waals surface area contributed by atoms with Crippen molar-refractivity contribution >= 4 is 23.7 Å². The topological polar surface area (TPSA) is 89.0 Å². The summed E-state index contributed by atoms with van der Waals surface area (Å²) in [7, 11) is 1.38. The fourth-order valence-corrected chi connectivity index (χ4v) is 2.12. The van der Waals surface area contributed by atoms with E-state index in [1.165, 1.54) is 13.2 Å². The van der Waals surface area contributed by atoms with Crippen LogP contribution < -0.4 is 4.74 Å². The first-order valence-corrected chi connectivity index (χ1v) is 7.88. The summed E-state index contributed by atoms with van der Waals surface area (Å²) in [6.07, 6.45) is 0.694. The Morgan fingerprint density at radius 2 is 2.04 bits per heavy atom. The minimum absolute atomic E-state index is 0.00598. The summed E-state index contributed by atoms with van der Waals surface area (Å²) in [6, 6.07) is 0.442. The Balaban J connectivity index is 3.04. The molecule has 134 valence electrons. The van der Waals surface area contributed by atoms with Gasteiger partial charge >= 0.3 is 12.1 Å². The van der Waals surface area contributed by atoms with Crippen LogP contribution in [0.2, 0.25) is 5.02 Å². The molecule has 0 unspecified atom stereocenters. The second kappa shape index (κ2) is 8.19. The number of pyridine rings is 1. The van der Waals surface area contributed by atoms with E-state index in [9.17, 15) is 14.7 Å². The molecule has 1 aromatic rings. The number of carboxylic acids is 1. The molecule has 1 N–H and O–H groups in total. The highest BCUT2D eigenvalue weighted by Crippen LogP contribution is 2.23. The van der Waals surface area contributed by atoms with Gasteiger partial charge in [0.25, 0.3) is 0 Å². The number of aliphatic carboxylic acids is 1. The minimum Gasteiger partial charge on any atom is -0.480 e. The maximum absolute atomic E-state index is 12.1. The number of nitrogens with zero attached hydrogens (tertiary/aromatic N) is 2. The molecule has 0 aromatic carbocycles. The first-order chi connectivity index (χ1) is 11.0. The molecule has 1 atom stereocenters. The number of likely N-dealkylation sites (N-methyl/N-ethyl adjacent to an activating group) is 1. The van der Waals surface area contributed by atoms with Gasteiger partial charge in [-0.25, -0.2) is 14.6 Å². The molecule has 0 spiro atoms. The molecular weight excluding hydrogens is 336 g/mol. The van der Waals surface area contributed by atoms with Crippen molar-refractivity contribution in [2.24, 2.45) is 0 Å². The third-order valence-electron chi connectivity index (χ3n) is 3.02. The smallest absolute Gasteiger partial charge is 0.410 e. The lowest BCUT2D eigenvalue weighted by Crippen LogP contribution is -2.46. The van der Waals surface area contributed by atoms with Gasteiger partial charge in [-0.15, -0.1) is 0 Å². The molecule has 0 saturated heterocycles. The quantitative estimate of drug-likeness (QED) is 0.840. The summed E-state index contributed by atoms with van der Waals surface area (Å²) in [5.41, 5.74) is -0.213. The van der Waals surface area contributed by atoms with Crippen LogP contribution in [0.3, 0.4) is 0 Å². The van der Waals surface area contributed by atoms with Crippen molar-refractivity contribution in [3.8, 4) is 5.88 Å². The zero-order valence-electron chi connectivity index (χ0n) is 14.5. The maximum Gasteiger partial charge on any atom is 0.410 e. The van der Waals surface area contributed by atoms with Gasteiger partial charge in [-0.05, 0) is 33.8 Å². The Hall–Kier alpha value is -2.02. The summed E-state index contributed by atoms with van der Waals surface area (Å²) in [6.45, 7) is 7.30. The van der Waals surface area contributed by atoms with Crippen LogP contribution in [0.25, 0.3) is 0 Å². The molecule has 8 heteroatoms. The van der Waals surface area contributed by atoms with Crippen molar-refractivity contribution in [2.45, 2.75) is 45.8 Å². The Labute approximate surface area is 146 Å². The summed E-state index contributed by atoms with van der Waals surface area (Å²) in [5.74, 6) is -0.864. The summed E-state index contributed by atoms with van der Waals surface area (Å²) in [4.78, 5) is 28.9. The molecule has 0 aliphatic rings. The molecular formula is C16H23ClN2O5. The molecule has 0 fully saturated rings. The van der Waals surface area contributed by atoms with Crippen molar-refractivity contribution in [2.75, 3.05) is 13.7 Å². The van der Waals surface area contributed by atoms with Gasteiger partial charge < -0.3 is 14.6 Å². The molecule has 1 heterocycles. The highest BCUT2D eigenvalue weighted by Gasteiger charge is 2.31. The molecule has 1 aromatic heterocycles.